The third kappa shape index (κ3) is 3.50. The lowest BCUT2D eigenvalue weighted by Gasteiger charge is -2.44. The molecule has 2 rings (SSSR count). The third-order valence-corrected chi connectivity index (χ3v) is 5.06. The Labute approximate surface area is 127 Å². The monoisotopic (exact) mass is 296 g/mol. The fourth-order valence-electron chi connectivity index (χ4n) is 3.90. The number of rotatable bonds is 2. The number of hydrogen-bond donors (Lipinski definition) is 2. The van der Waals surface area contributed by atoms with E-state index in [1.165, 1.54) is 4.90 Å². The molecule has 1 heterocycles. The Bertz CT molecular complexity index is 431. The average molecular weight is 296 g/mol. The van der Waals surface area contributed by atoms with Crippen LogP contribution >= 0.6 is 0 Å². The summed E-state index contributed by atoms with van der Waals surface area (Å²) in [6.07, 6.45) is 4.75. The van der Waals surface area contributed by atoms with E-state index in [-0.39, 0.29) is 22.9 Å². The molecule has 5 heteroatoms. The van der Waals surface area contributed by atoms with Crippen LogP contribution < -0.4 is 5.32 Å². The van der Waals surface area contributed by atoms with Crippen molar-refractivity contribution >= 4 is 12.0 Å². The van der Waals surface area contributed by atoms with Crippen molar-refractivity contribution in [3.8, 4) is 0 Å². The summed E-state index contributed by atoms with van der Waals surface area (Å²) < 4.78 is 0. The first-order chi connectivity index (χ1) is 9.62. The van der Waals surface area contributed by atoms with Crippen molar-refractivity contribution < 1.29 is 14.7 Å². The van der Waals surface area contributed by atoms with Gasteiger partial charge in [0.25, 0.3) is 0 Å². The topological polar surface area (TPSA) is 69.6 Å². The summed E-state index contributed by atoms with van der Waals surface area (Å²) in [6, 6.07) is -0.773. The molecule has 0 aromatic carbocycles. The minimum Gasteiger partial charge on any atom is -0.480 e. The highest BCUT2D eigenvalue weighted by Gasteiger charge is 2.45. The van der Waals surface area contributed by atoms with Crippen LogP contribution in [-0.4, -0.2) is 40.6 Å². The smallest absolute Gasteiger partial charge is 0.327 e. The van der Waals surface area contributed by atoms with Crippen LogP contribution in [-0.2, 0) is 4.79 Å². The van der Waals surface area contributed by atoms with E-state index < -0.39 is 12.0 Å². The Balaban J connectivity index is 2.05. The van der Waals surface area contributed by atoms with Crippen molar-refractivity contribution in [2.75, 3.05) is 6.54 Å². The lowest BCUT2D eigenvalue weighted by molar-refractivity contribution is -0.148. The van der Waals surface area contributed by atoms with Crippen molar-refractivity contribution in [3.63, 3.8) is 0 Å². The first-order valence-electron chi connectivity index (χ1n) is 7.92. The second-order valence-electron chi connectivity index (χ2n) is 8.08. The van der Waals surface area contributed by atoms with E-state index in [0.29, 0.717) is 6.54 Å². The predicted molar refractivity (Wildman–Crippen MR) is 81.1 cm³/mol. The second kappa shape index (κ2) is 5.50. The van der Waals surface area contributed by atoms with Crippen LogP contribution in [0, 0.1) is 10.8 Å². The molecule has 2 unspecified atom stereocenters. The van der Waals surface area contributed by atoms with Crippen molar-refractivity contribution in [1.82, 2.24) is 10.2 Å². The van der Waals surface area contributed by atoms with Crippen LogP contribution in [0.25, 0.3) is 0 Å². The summed E-state index contributed by atoms with van der Waals surface area (Å²) in [4.78, 5) is 25.6. The Hall–Kier alpha value is -1.26. The van der Waals surface area contributed by atoms with Gasteiger partial charge in [0.2, 0.25) is 0 Å². The second-order valence-corrected chi connectivity index (χ2v) is 8.08. The molecule has 1 aliphatic heterocycles. The molecule has 2 fully saturated rings. The first kappa shape index (κ1) is 16.1. The van der Waals surface area contributed by atoms with Gasteiger partial charge in [0.1, 0.15) is 6.04 Å². The SMILES string of the molecule is CC1(C)CCC(NC(=O)N2CCCC(C)(C)C2C(=O)O)C1. The van der Waals surface area contributed by atoms with Gasteiger partial charge in [-0.15, -0.1) is 0 Å². The van der Waals surface area contributed by atoms with Crippen LogP contribution in [0.5, 0.6) is 0 Å². The Kier molecular flexibility index (Phi) is 4.22. The molecule has 0 aromatic heterocycles. The number of carbonyl (C=O) groups excluding carboxylic acids is 1. The van der Waals surface area contributed by atoms with E-state index in [9.17, 15) is 14.7 Å². The van der Waals surface area contributed by atoms with Crippen LogP contribution in [0.3, 0.4) is 0 Å². The number of hydrogen-bond acceptors (Lipinski definition) is 2. The fourth-order valence-corrected chi connectivity index (χ4v) is 3.90. The van der Waals surface area contributed by atoms with Gasteiger partial charge in [0.15, 0.2) is 0 Å². The van der Waals surface area contributed by atoms with E-state index in [1.54, 1.807) is 0 Å². The zero-order valence-electron chi connectivity index (χ0n) is 13.6. The van der Waals surface area contributed by atoms with Crippen LogP contribution in [0.15, 0.2) is 0 Å². The Morgan fingerprint density at radius 3 is 2.38 bits per heavy atom. The number of aliphatic carboxylic acids is 1. The van der Waals surface area contributed by atoms with Gasteiger partial charge in [-0.05, 0) is 42.9 Å². The van der Waals surface area contributed by atoms with Gasteiger partial charge >= 0.3 is 12.0 Å². The molecule has 2 amide bonds. The molecular formula is C16H28N2O3. The largest absolute Gasteiger partial charge is 0.480 e. The molecule has 120 valence electrons. The molecule has 0 bridgehead atoms. The summed E-state index contributed by atoms with van der Waals surface area (Å²) in [7, 11) is 0. The van der Waals surface area contributed by atoms with Gasteiger partial charge in [-0.2, -0.15) is 0 Å². The van der Waals surface area contributed by atoms with Crippen molar-refractivity contribution in [2.45, 2.75) is 71.9 Å². The van der Waals surface area contributed by atoms with Crippen LogP contribution in [0.4, 0.5) is 4.79 Å². The summed E-state index contributed by atoms with van der Waals surface area (Å²) in [5.41, 5.74) is -0.109. The minimum absolute atomic E-state index is 0.173. The van der Waals surface area contributed by atoms with Gasteiger partial charge in [-0.25, -0.2) is 9.59 Å². The number of carboxylic acid groups (broad SMARTS) is 1. The number of likely N-dealkylation sites (tertiary alicyclic amines) is 1. The van der Waals surface area contributed by atoms with E-state index in [0.717, 1.165) is 32.1 Å². The highest BCUT2D eigenvalue weighted by molar-refractivity contribution is 5.83. The summed E-state index contributed by atoms with van der Waals surface area (Å²) in [5.74, 6) is -0.901. The zero-order chi connectivity index (χ0) is 15.8. The molecule has 2 N–H and O–H groups in total. The standard InChI is InChI=1S/C16H28N2O3/c1-15(2)8-6-11(10-15)17-14(21)18-9-5-7-16(3,4)12(18)13(19)20/h11-12H,5-10H2,1-4H3,(H,17,21)(H,19,20). The number of nitrogens with zero attached hydrogens (tertiary/aromatic N) is 1. The Morgan fingerprint density at radius 2 is 1.86 bits per heavy atom. The molecule has 0 radical (unpaired) electrons. The molecule has 1 saturated carbocycles. The molecule has 1 aliphatic carbocycles. The van der Waals surface area contributed by atoms with E-state index in [4.69, 9.17) is 0 Å². The van der Waals surface area contributed by atoms with Gasteiger partial charge in [-0.3, -0.25) is 0 Å². The highest BCUT2D eigenvalue weighted by atomic mass is 16.4. The van der Waals surface area contributed by atoms with Gasteiger partial charge < -0.3 is 15.3 Å². The van der Waals surface area contributed by atoms with Gasteiger partial charge in [0.05, 0.1) is 0 Å². The van der Waals surface area contributed by atoms with Gasteiger partial charge in [-0.1, -0.05) is 27.7 Å². The minimum atomic E-state index is -0.901. The molecule has 2 atom stereocenters. The normalized spacial score (nSPS) is 31.0. The lowest BCUT2D eigenvalue weighted by atomic mass is 9.76. The molecule has 0 aromatic rings. The maximum absolute atomic E-state index is 12.5. The highest BCUT2D eigenvalue weighted by Crippen LogP contribution is 2.38. The van der Waals surface area contributed by atoms with E-state index in [2.05, 4.69) is 19.2 Å². The molecule has 5 nitrogen and oxygen atoms in total. The molecule has 21 heavy (non-hydrogen) atoms. The number of piperidine rings is 1. The molecule has 0 spiro atoms. The number of amides is 2. The molecule has 1 saturated heterocycles. The Morgan fingerprint density at radius 1 is 1.19 bits per heavy atom. The lowest BCUT2D eigenvalue weighted by Crippen LogP contribution is -2.59. The number of carbonyl (C=O) groups is 2. The van der Waals surface area contributed by atoms with E-state index in [1.807, 2.05) is 13.8 Å². The fraction of sp³-hybridized carbons (Fsp3) is 0.875. The number of nitrogens with one attached hydrogen (secondary N) is 1. The number of carboxylic acids is 1. The van der Waals surface area contributed by atoms with Crippen LogP contribution in [0.1, 0.15) is 59.8 Å². The summed E-state index contributed by atoms with van der Waals surface area (Å²) >= 11 is 0. The van der Waals surface area contributed by atoms with Crippen LogP contribution in [0.2, 0.25) is 0 Å². The maximum Gasteiger partial charge on any atom is 0.327 e. The van der Waals surface area contributed by atoms with Gasteiger partial charge in [0, 0.05) is 12.6 Å². The van der Waals surface area contributed by atoms with Crippen molar-refractivity contribution in [3.05, 3.63) is 0 Å². The maximum atomic E-state index is 12.5. The molecular weight excluding hydrogens is 268 g/mol. The first-order valence-corrected chi connectivity index (χ1v) is 7.92. The number of urea groups is 1. The zero-order valence-corrected chi connectivity index (χ0v) is 13.6. The van der Waals surface area contributed by atoms with Crippen molar-refractivity contribution in [1.29, 1.82) is 0 Å². The third-order valence-electron chi connectivity index (χ3n) is 5.06. The summed E-state index contributed by atoms with van der Waals surface area (Å²) in [5, 5.41) is 12.6. The quantitative estimate of drug-likeness (QED) is 0.823. The predicted octanol–water partition coefficient (Wildman–Crippen LogP) is 2.85. The van der Waals surface area contributed by atoms with E-state index >= 15 is 0 Å². The molecule has 2 aliphatic rings. The van der Waals surface area contributed by atoms with Crippen molar-refractivity contribution in [2.24, 2.45) is 10.8 Å². The average Bonchev–Trinajstić information content (AvgIpc) is 2.66. The summed E-state index contributed by atoms with van der Waals surface area (Å²) in [6.45, 7) is 8.82.